The van der Waals surface area contributed by atoms with Crippen molar-refractivity contribution < 1.29 is 4.79 Å². The summed E-state index contributed by atoms with van der Waals surface area (Å²) < 4.78 is 1.63. The number of benzene rings is 1. The minimum atomic E-state index is -0.0154. The summed E-state index contributed by atoms with van der Waals surface area (Å²) >= 11 is 1.32. The Labute approximate surface area is 146 Å². The molecule has 1 amide bonds. The molecule has 0 bridgehead atoms. The van der Waals surface area contributed by atoms with E-state index in [2.05, 4.69) is 46.9 Å². The van der Waals surface area contributed by atoms with Crippen LogP contribution in [-0.2, 0) is 4.79 Å². The van der Waals surface area contributed by atoms with Crippen molar-refractivity contribution in [3.05, 3.63) is 30.3 Å². The summed E-state index contributed by atoms with van der Waals surface area (Å²) in [6.07, 6.45) is 0.898. The van der Waals surface area contributed by atoms with Gasteiger partial charge in [0.1, 0.15) is 0 Å². The van der Waals surface area contributed by atoms with Gasteiger partial charge >= 0.3 is 0 Å². The number of amides is 1. The first-order valence-electron chi connectivity index (χ1n) is 7.94. The number of thioether (sulfide) groups is 1. The molecule has 1 aromatic heterocycles. The number of hydrogen-bond acceptors (Lipinski definition) is 6. The zero-order valence-corrected chi connectivity index (χ0v) is 15.1. The largest absolute Gasteiger partial charge is 0.355 e. The van der Waals surface area contributed by atoms with Crippen molar-refractivity contribution in [1.29, 1.82) is 0 Å². The Kier molecular flexibility index (Phi) is 6.74. The molecule has 1 heterocycles. The molecule has 1 aromatic carbocycles. The molecular weight excluding hydrogens is 324 g/mol. The number of carbonyl (C=O) groups is 1. The van der Waals surface area contributed by atoms with Crippen molar-refractivity contribution in [2.24, 2.45) is 0 Å². The molecule has 2 rings (SSSR count). The van der Waals surface area contributed by atoms with Crippen LogP contribution in [0.15, 0.2) is 35.5 Å². The minimum Gasteiger partial charge on any atom is -0.355 e. The van der Waals surface area contributed by atoms with Crippen molar-refractivity contribution in [3.8, 4) is 5.69 Å². The Morgan fingerprint density at radius 3 is 2.67 bits per heavy atom. The van der Waals surface area contributed by atoms with Crippen LogP contribution in [0.4, 0.5) is 0 Å². The first kappa shape index (κ1) is 18.4. The smallest absolute Gasteiger partial charge is 0.230 e. The van der Waals surface area contributed by atoms with Gasteiger partial charge in [-0.05, 0) is 56.3 Å². The van der Waals surface area contributed by atoms with Crippen molar-refractivity contribution in [3.63, 3.8) is 0 Å². The van der Waals surface area contributed by atoms with Gasteiger partial charge in [0.15, 0.2) is 0 Å². The van der Waals surface area contributed by atoms with Gasteiger partial charge in [0, 0.05) is 12.1 Å². The zero-order valence-electron chi connectivity index (χ0n) is 14.3. The number of hydrogen-bond donors (Lipinski definition) is 2. The highest BCUT2D eigenvalue weighted by Gasteiger charge is 2.11. The lowest BCUT2D eigenvalue weighted by atomic mass is 10.1. The van der Waals surface area contributed by atoms with Crippen LogP contribution in [0.25, 0.3) is 5.69 Å². The molecule has 0 unspecified atom stereocenters. The molecule has 24 heavy (non-hydrogen) atoms. The van der Waals surface area contributed by atoms with Gasteiger partial charge in [-0.15, -0.1) is 5.10 Å². The first-order valence-corrected chi connectivity index (χ1v) is 8.92. The molecule has 0 aliphatic rings. The number of para-hydroxylation sites is 1. The molecule has 0 aliphatic heterocycles. The van der Waals surface area contributed by atoms with E-state index in [9.17, 15) is 4.79 Å². The van der Waals surface area contributed by atoms with E-state index in [-0.39, 0.29) is 11.4 Å². The summed E-state index contributed by atoms with van der Waals surface area (Å²) in [5.74, 6) is 0.276. The predicted octanol–water partition coefficient (Wildman–Crippen LogP) is 1.65. The van der Waals surface area contributed by atoms with Gasteiger partial charge in [-0.25, -0.2) is 0 Å². The Balaban J connectivity index is 1.72. The molecule has 0 atom stereocenters. The van der Waals surface area contributed by atoms with E-state index in [4.69, 9.17) is 0 Å². The Bertz CT molecular complexity index is 638. The second-order valence-electron chi connectivity index (χ2n) is 6.38. The van der Waals surface area contributed by atoms with Crippen LogP contribution in [-0.4, -0.2) is 50.5 Å². The SMILES string of the molecule is CC(C)(C)NCCCNC(=O)CSc1nnnn1-c1ccccc1. The molecule has 2 aromatic rings. The maximum Gasteiger partial charge on any atom is 0.230 e. The number of aromatic nitrogens is 4. The Morgan fingerprint density at radius 1 is 1.21 bits per heavy atom. The number of tetrazole rings is 1. The fraction of sp³-hybridized carbons (Fsp3) is 0.500. The van der Waals surface area contributed by atoms with Crippen LogP contribution in [0.5, 0.6) is 0 Å². The van der Waals surface area contributed by atoms with E-state index in [1.165, 1.54) is 11.8 Å². The summed E-state index contributed by atoms with van der Waals surface area (Å²) in [5.41, 5.74) is 0.979. The van der Waals surface area contributed by atoms with Gasteiger partial charge in [0.2, 0.25) is 11.1 Å². The van der Waals surface area contributed by atoms with Crippen molar-refractivity contribution in [2.75, 3.05) is 18.8 Å². The fourth-order valence-electron chi connectivity index (χ4n) is 1.96. The highest BCUT2D eigenvalue weighted by Crippen LogP contribution is 2.17. The van der Waals surface area contributed by atoms with Gasteiger partial charge < -0.3 is 10.6 Å². The quantitative estimate of drug-likeness (QED) is 0.557. The number of nitrogens with one attached hydrogen (secondary N) is 2. The second kappa shape index (κ2) is 8.79. The molecule has 0 spiro atoms. The standard InChI is InChI=1S/C16H24N6OS/c1-16(2,3)18-11-7-10-17-14(23)12-24-15-19-20-21-22(15)13-8-5-4-6-9-13/h4-6,8-9,18H,7,10-12H2,1-3H3,(H,17,23). The van der Waals surface area contributed by atoms with Gasteiger partial charge in [-0.2, -0.15) is 4.68 Å². The molecule has 2 N–H and O–H groups in total. The molecule has 0 aliphatic carbocycles. The van der Waals surface area contributed by atoms with Crippen LogP contribution in [0.1, 0.15) is 27.2 Å². The molecule has 0 saturated heterocycles. The van der Waals surface area contributed by atoms with Crippen LogP contribution in [0, 0.1) is 0 Å². The maximum absolute atomic E-state index is 11.9. The molecule has 0 saturated carbocycles. The van der Waals surface area contributed by atoms with Gasteiger partial charge in [-0.1, -0.05) is 30.0 Å². The maximum atomic E-state index is 11.9. The summed E-state index contributed by atoms with van der Waals surface area (Å²) in [6.45, 7) is 7.91. The molecule has 8 heteroatoms. The van der Waals surface area contributed by atoms with Crippen molar-refractivity contribution >= 4 is 17.7 Å². The van der Waals surface area contributed by atoms with Gasteiger partial charge in [-0.3, -0.25) is 4.79 Å². The number of nitrogens with zero attached hydrogens (tertiary/aromatic N) is 4. The third-order valence-corrected chi connectivity index (χ3v) is 4.02. The Morgan fingerprint density at radius 2 is 1.96 bits per heavy atom. The highest BCUT2D eigenvalue weighted by molar-refractivity contribution is 7.99. The Hall–Kier alpha value is -1.93. The van der Waals surface area contributed by atoms with Gasteiger partial charge in [0.25, 0.3) is 0 Å². The molecular formula is C16H24N6OS. The minimum absolute atomic E-state index is 0.0154. The topological polar surface area (TPSA) is 84.7 Å². The van der Waals surface area contributed by atoms with Crippen LogP contribution in [0.3, 0.4) is 0 Å². The molecule has 0 fully saturated rings. The summed E-state index contributed by atoms with van der Waals surface area (Å²) in [5, 5.41) is 18.5. The van der Waals surface area contributed by atoms with E-state index in [0.29, 0.717) is 17.5 Å². The first-order chi connectivity index (χ1) is 11.5. The third kappa shape index (κ3) is 6.29. The highest BCUT2D eigenvalue weighted by atomic mass is 32.2. The fourth-order valence-corrected chi connectivity index (χ4v) is 2.68. The average molecular weight is 348 g/mol. The molecule has 0 radical (unpaired) electrons. The second-order valence-corrected chi connectivity index (χ2v) is 7.32. The van der Waals surface area contributed by atoms with E-state index in [1.54, 1.807) is 4.68 Å². The van der Waals surface area contributed by atoms with Gasteiger partial charge in [0.05, 0.1) is 11.4 Å². The lowest BCUT2D eigenvalue weighted by molar-refractivity contribution is -0.118. The lowest BCUT2D eigenvalue weighted by Crippen LogP contribution is -2.38. The van der Waals surface area contributed by atoms with E-state index < -0.39 is 0 Å². The normalized spacial score (nSPS) is 11.5. The van der Waals surface area contributed by atoms with Crippen LogP contribution < -0.4 is 10.6 Å². The van der Waals surface area contributed by atoms with E-state index in [0.717, 1.165) is 18.7 Å². The number of carbonyl (C=O) groups excluding carboxylic acids is 1. The van der Waals surface area contributed by atoms with Crippen LogP contribution in [0.2, 0.25) is 0 Å². The molecule has 7 nitrogen and oxygen atoms in total. The molecule has 130 valence electrons. The summed E-state index contributed by atoms with van der Waals surface area (Å²) in [7, 11) is 0. The number of rotatable bonds is 8. The summed E-state index contributed by atoms with van der Waals surface area (Å²) in [6, 6.07) is 9.61. The zero-order chi connectivity index (χ0) is 17.4. The van der Waals surface area contributed by atoms with Crippen molar-refractivity contribution in [1.82, 2.24) is 30.8 Å². The van der Waals surface area contributed by atoms with Crippen LogP contribution >= 0.6 is 11.8 Å². The van der Waals surface area contributed by atoms with Crippen molar-refractivity contribution in [2.45, 2.75) is 37.9 Å². The van der Waals surface area contributed by atoms with E-state index >= 15 is 0 Å². The third-order valence-electron chi connectivity index (χ3n) is 3.11. The van der Waals surface area contributed by atoms with E-state index in [1.807, 2.05) is 30.3 Å². The average Bonchev–Trinajstić information content (AvgIpc) is 3.01. The predicted molar refractivity (Wildman–Crippen MR) is 95.3 cm³/mol. The lowest BCUT2D eigenvalue weighted by Gasteiger charge is -2.20. The summed E-state index contributed by atoms with van der Waals surface area (Å²) in [4.78, 5) is 11.9. The monoisotopic (exact) mass is 348 g/mol.